The van der Waals surface area contributed by atoms with E-state index in [0.29, 0.717) is 36.8 Å². The van der Waals surface area contributed by atoms with Gasteiger partial charge in [-0.1, -0.05) is 37.3 Å². The lowest BCUT2D eigenvalue weighted by Gasteiger charge is -2.25. The highest BCUT2D eigenvalue weighted by Crippen LogP contribution is 2.34. The van der Waals surface area contributed by atoms with Crippen LogP contribution in [0.4, 0.5) is 5.13 Å². The molecule has 0 saturated heterocycles. The van der Waals surface area contributed by atoms with E-state index >= 15 is 0 Å². The lowest BCUT2D eigenvalue weighted by Crippen LogP contribution is -2.39. The molecule has 0 atom stereocenters. The Morgan fingerprint density at radius 3 is 2.52 bits per heavy atom. The number of thiazole rings is 1. The number of ether oxygens (including phenoxy) is 2. The Balaban J connectivity index is 0.00000272. The van der Waals surface area contributed by atoms with Crippen molar-refractivity contribution < 1.29 is 14.3 Å². The van der Waals surface area contributed by atoms with Crippen LogP contribution in [-0.4, -0.2) is 55.2 Å². The van der Waals surface area contributed by atoms with Gasteiger partial charge >= 0.3 is 0 Å². The van der Waals surface area contributed by atoms with Crippen molar-refractivity contribution in [1.82, 2.24) is 9.88 Å². The second kappa shape index (κ2) is 10.3. The number of likely N-dealkylation sites (N-methyl/N-ethyl adjacent to an activating group) is 1. The molecule has 0 N–H and O–H groups in total. The maximum Gasteiger partial charge on any atom is 0.260 e. The van der Waals surface area contributed by atoms with Crippen molar-refractivity contribution in [3.63, 3.8) is 0 Å². The number of rotatable bonds is 7. The van der Waals surface area contributed by atoms with Gasteiger partial charge in [0.05, 0.1) is 10.2 Å². The third-order valence-corrected chi connectivity index (χ3v) is 6.45. The predicted molar refractivity (Wildman–Crippen MR) is 129 cm³/mol. The number of fused-ring (bicyclic) bond motifs is 2. The zero-order valence-corrected chi connectivity index (χ0v) is 19.7. The Kier molecular flexibility index (Phi) is 7.75. The molecule has 0 saturated carbocycles. The SMILES string of the molecule is CCN(CC)CCN(C(=O)c1ccc2c(c1)OCCO2)c1nc2c(C)cccc2s1.Cl. The van der Waals surface area contributed by atoms with Gasteiger partial charge in [0.1, 0.15) is 13.2 Å². The maximum absolute atomic E-state index is 13.6. The maximum atomic E-state index is 13.6. The van der Waals surface area contributed by atoms with Crippen molar-refractivity contribution in [1.29, 1.82) is 0 Å². The molecule has 0 spiro atoms. The molecule has 4 rings (SSSR count). The summed E-state index contributed by atoms with van der Waals surface area (Å²) in [6.07, 6.45) is 0. The van der Waals surface area contributed by atoms with Crippen molar-refractivity contribution in [3.8, 4) is 11.5 Å². The van der Waals surface area contributed by atoms with Crippen molar-refractivity contribution >= 4 is 45.0 Å². The minimum atomic E-state index is -0.0733. The van der Waals surface area contributed by atoms with Gasteiger partial charge in [0.2, 0.25) is 0 Å². The van der Waals surface area contributed by atoms with Gasteiger partial charge in [-0.2, -0.15) is 0 Å². The molecule has 3 aromatic rings. The normalized spacial score (nSPS) is 12.6. The number of hydrogen-bond acceptors (Lipinski definition) is 6. The van der Waals surface area contributed by atoms with Crippen molar-refractivity contribution in [2.24, 2.45) is 0 Å². The monoisotopic (exact) mass is 461 g/mol. The Labute approximate surface area is 193 Å². The first kappa shape index (κ1) is 23.3. The molecule has 6 nitrogen and oxygen atoms in total. The standard InChI is InChI=1S/C23H27N3O3S.ClH/c1-4-25(5-2)11-12-26(23-24-21-16(3)7-6-8-20(21)30-23)22(27)17-9-10-18-19(15-17)29-14-13-28-18;/h6-10,15H,4-5,11-14H2,1-3H3;1H. The predicted octanol–water partition coefficient (Wildman–Crippen LogP) is 4.79. The van der Waals surface area contributed by atoms with E-state index in [4.69, 9.17) is 14.5 Å². The molecule has 0 radical (unpaired) electrons. The average molecular weight is 462 g/mol. The minimum Gasteiger partial charge on any atom is -0.486 e. The van der Waals surface area contributed by atoms with Gasteiger partial charge in [-0.05, 0) is 49.8 Å². The highest BCUT2D eigenvalue weighted by atomic mass is 35.5. The first-order chi connectivity index (χ1) is 14.6. The van der Waals surface area contributed by atoms with Crippen LogP contribution in [0.5, 0.6) is 11.5 Å². The number of halogens is 1. The van der Waals surface area contributed by atoms with Crippen LogP contribution in [0.3, 0.4) is 0 Å². The Hall–Kier alpha value is -2.35. The summed E-state index contributed by atoms with van der Waals surface area (Å²) in [6.45, 7) is 10.6. The van der Waals surface area contributed by atoms with Gasteiger partial charge in [-0.3, -0.25) is 9.69 Å². The van der Waals surface area contributed by atoms with E-state index in [1.807, 2.05) is 12.1 Å². The van der Waals surface area contributed by atoms with E-state index in [1.165, 1.54) is 0 Å². The molecular formula is C23H28ClN3O3S. The van der Waals surface area contributed by atoms with Crippen LogP contribution < -0.4 is 14.4 Å². The van der Waals surface area contributed by atoms with Crippen LogP contribution in [0.2, 0.25) is 0 Å². The van der Waals surface area contributed by atoms with Crippen LogP contribution in [0.15, 0.2) is 36.4 Å². The quantitative estimate of drug-likeness (QED) is 0.506. The van der Waals surface area contributed by atoms with Gasteiger partial charge in [-0.25, -0.2) is 4.98 Å². The number of aromatic nitrogens is 1. The molecule has 1 aliphatic heterocycles. The number of aryl methyl sites for hydroxylation is 1. The smallest absolute Gasteiger partial charge is 0.260 e. The third-order valence-electron chi connectivity index (χ3n) is 5.41. The molecule has 2 heterocycles. The number of carbonyl (C=O) groups excluding carboxylic acids is 1. The van der Waals surface area contributed by atoms with Crippen LogP contribution >= 0.6 is 23.7 Å². The molecule has 0 unspecified atom stereocenters. The zero-order chi connectivity index (χ0) is 21.1. The summed E-state index contributed by atoms with van der Waals surface area (Å²) in [4.78, 5) is 22.5. The summed E-state index contributed by atoms with van der Waals surface area (Å²) in [5.74, 6) is 1.23. The van der Waals surface area contributed by atoms with Gasteiger partial charge in [-0.15, -0.1) is 12.4 Å². The molecular weight excluding hydrogens is 434 g/mol. The summed E-state index contributed by atoms with van der Waals surface area (Å²) in [5, 5.41) is 0.728. The molecule has 0 bridgehead atoms. The van der Waals surface area contributed by atoms with E-state index in [0.717, 1.165) is 40.5 Å². The number of anilines is 1. The fourth-order valence-electron chi connectivity index (χ4n) is 3.59. The summed E-state index contributed by atoms with van der Waals surface area (Å²) in [7, 11) is 0. The van der Waals surface area contributed by atoms with Crippen molar-refractivity contribution in [2.75, 3.05) is 44.3 Å². The number of benzene rings is 2. The number of carbonyl (C=O) groups is 1. The van der Waals surface area contributed by atoms with Gasteiger partial charge in [0, 0.05) is 18.7 Å². The Morgan fingerprint density at radius 1 is 1.06 bits per heavy atom. The van der Waals surface area contributed by atoms with Gasteiger partial charge in [0.25, 0.3) is 5.91 Å². The summed E-state index contributed by atoms with van der Waals surface area (Å²) >= 11 is 1.56. The molecule has 166 valence electrons. The summed E-state index contributed by atoms with van der Waals surface area (Å²) in [6, 6.07) is 11.5. The third kappa shape index (κ3) is 4.95. The second-order valence-electron chi connectivity index (χ2n) is 7.26. The molecule has 1 aromatic heterocycles. The first-order valence-corrected chi connectivity index (χ1v) is 11.2. The van der Waals surface area contributed by atoms with Crippen LogP contribution in [-0.2, 0) is 0 Å². The number of hydrogen-bond donors (Lipinski definition) is 0. The number of para-hydroxylation sites is 1. The molecule has 1 amide bonds. The Morgan fingerprint density at radius 2 is 1.81 bits per heavy atom. The van der Waals surface area contributed by atoms with Crippen LogP contribution in [0.25, 0.3) is 10.2 Å². The fourth-order valence-corrected chi connectivity index (χ4v) is 4.66. The molecule has 0 aliphatic carbocycles. The average Bonchev–Trinajstić information content (AvgIpc) is 3.21. The molecule has 1 aliphatic rings. The lowest BCUT2D eigenvalue weighted by molar-refractivity contribution is 0.0982. The largest absolute Gasteiger partial charge is 0.486 e. The fraction of sp³-hybridized carbons (Fsp3) is 0.391. The second-order valence-corrected chi connectivity index (χ2v) is 8.27. The minimum absolute atomic E-state index is 0. The van der Waals surface area contributed by atoms with E-state index in [9.17, 15) is 4.79 Å². The van der Waals surface area contributed by atoms with Crippen molar-refractivity contribution in [2.45, 2.75) is 20.8 Å². The lowest BCUT2D eigenvalue weighted by atomic mass is 10.1. The number of nitrogens with zero attached hydrogens (tertiary/aromatic N) is 3. The van der Waals surface area contributed by atoms with Crippen LogP contribution in [0.1, 0.15) is 29.8 Å². The Bertz CT molecular complexity index is 1050. The van der Waals surface area contributed by atoms with Crippen LogP contribution in [0, 0.1) is 6.92 Å². The topological polar surface area (TPSA) is 54.9 Å². The molecule has 8 heteroatoms. The van der Waals surface area contributed by atoms with E-state index in [-0.39, 0.29) is 18.3 Å². The molecule has 2 aromatic carbocycles. The van der Waals surface area contributed by atoms with E-state index in [2.05, 4.69) is 37.8 Å². The van der Waals surface area contributed by atoms with E-state index < -0.39 is 0 Å². The van der Waals surface area contributed by atoms with Crippen molar-refractivity contribution in [3.05, 3.63) is 47.5 Å². The number of amides is 1. The highest BCUT2D eigenvalue weighted by molar-refractivity contribution is 7.22. The van der Waals surface area contributed by atoms with Gasteiger partial charge in [0.15, 0.2) is 16.6 Å². The van der Waals surface area contributed by atoms with Gasteiger partial charge < -0.3 is 14.4 Å². The summed E-state index contributed by atoms with van der Waals surface area (Å²) in [5.41, 5.74) is 2.65. The molecule has 31 heavy (non-hydrogen) atoms. The molecule has 0 fully saturated rings. The first-order valence-electron chi connectivity index (χ1n) is 10.4. The zero-order valence-electron chi connectivity index (χ0n) is 18.1. The van der Waals surface area contributed by atoms with E-state index in [1.54, 1.807) is 28.4 Å². The summed E-state index contributed by atoms with van der Waals surface area (Å²) < 4.78 is 12.4. The highest BCUT2D eigenvalue weighted by Gasteiger charge is 2.24.